The molecule has 3 heterocycles. The maximum absolute atomic E-state index is 11.9. The Kier molecular flexibility index (Phi) is 3.49. The third kappa shape index (κ3) is 2.14. The molecule has 3 rings (SSSR count). The lowest BCUT2D eigenvalue weighted by molar-refractivity contribution is -0.0511. The van der Waals surface area contributed by atoms with Crippen LogP contribution in [0.4, 0.5) is 0 Å². The quantitative estimate of drug-likeness (QED) is 0.530. The number of rotatable bonds is 3. The average Bonchev–Trinajstić information content (AvgIpc) is 3.02. The molecule has 0 bridgehead atoms. The van der Waals surface area contributed by atoms with Crippen molar-refractivity contribution in [1.82, 2.24) is 19.5 Å². The van der Waals surface area contributed by atoms with Gasteiger partial charge in [-0.15, -0.1) is 0 Å². The first-order valence-electron chi connectivity index (χ1n) is 6.65. The molecule has 2 aromatic rings. The molecule has 1 aliphatic rings. The van der Waals surface area contributed by atoms with Crippen LogP contribution in [0.2, 0.25) is 0 Å². The summed E-state index contributed by atoms with van der Waals surface area (Å²) in [5.74, 6) is 0.487. The summed E-state index contributed by atoms with van der Waals surface area (Å²) >= 11 is 0. The first-order chi connectivity index (χ1) is 10.1. The van der Waals surface area contributed by atoms with Crippen LogP contribution in [0.15, 0.2) is 11.1 Å². The zero-order chi connectivity index (χ0) is 15.1. The lowest BCUT2D eigenvalue weighted by atomic mass is 10.1. The number of imidazole rings is 1. The fraction of sp³-hybridized carbons (Fsp3) is 0.583. The van der Waals surface area contributed by atoms with Gasteiger partial charge >= 0.3 is 0 Å². The van der Waals surface area contributed by atoms with Crippen molar-refractivity contribution < 1.29 is 20.1 Å². The number of nitrogens with one attached hydrogen (secondary N) is 1. The lowest BCUT2D eigenvalue weighted by Gasteiger charge is -2.16. The summed E-state index contributed by atoms with van der Waals surface area (Å²) in [7, 11) is 0. The molecule has 21 heavy (non-hydrogen) atoms. The normalized spacial score (nSPS) is 29.3. The van der Waals surface area contributed by atoms with E-state index in [1.54, 1.807) is 0 Å². The number of ether oxygens (including phenoxy) is 1. The molecule has 9 heteroatoms. The van der Waals surface area contributed by atoms with Gasteiger partial charge in [0, 0.05) is 6.42 Å². The molecule has 4 atom stereocenters. The number of aryl methyl sites for hydroxylation is 1. The second-order valence-corrected chi connectivity index (χ2v) is 4.92. The van der Waals surface area contributed by atoms with Gasteiger partial charge in [-0.05, 0) is 0 Å². The molecule has 0 saturated carbocycles. The summed E-state index contributed by atoms with van der Waals surface area (Å²) in [6, 6.07) is 0. The van der Waals surface area contributed by atoms with Gasteiger partial charge in [0.1, 0.15) is 24.1 Å². The molecule has 1 aliphatic heterocycles. The van der Waals surface area contributed by atoms with Crippen LogP contribution >= 0.6 is 0 Å². The van der Waals surface area contributed by atoms with Crippen molar-refractivity contribution in [2.24, 2.45) is 0 Å². The fourth-order valence-electron chi connectivity index (χ4n) is 2.44. The summed E-state index contributed by atoms with van der Waals surface area (Å²) < 4.78 is 6.82. The van der Waals surface area contributed by atoms with Gasteiger partial charge in [0.05, 0.1) is 12.9 Å². The van der Waals surface area contributed by atoms with E-state index in [-0.39, 0.29) is 16.7 Å². The number of hydrogen-bond donors (Lipinski definition) is 4. The largest absolute Gasteiger partial charge is 0.394 e. The number of aliphatic hydroxyl groups is 3. The number of aromatic amines is 1. The van der Waals surface area contributed by atoms with E-state index in [0.29, 0.717) is 12.2 Å². The predicted octanol–water partition coefficient (Wildman–Crippen LogP) is -1.71. The predicted molar refractivity (Wildman–Crippen MR) is 70.5 cm³/mol. The lowest BCUT2D eigenvalue weighted by Crippen LogP contribution is -2.33. The highest BCUT2D eigenvalue weighted by molar-refractivity contribution is 5.69. The van der Waals surface area contributed by atoms with Gasteiger partial charge in [-0.2, -0.15) is 0 Å². The second kappa shape index (κ2) is 5.19. The van der Waals surface area contributed by atoms with Crippen molar-refractivity contribution in [2.75, 3.05) is 6.61 Å². The average molecular weight is 296 g/mol. The maximum Gasteiger partial charge on any atom is 0.279 e. The molecule has 0 aromatic carbocycles. The van der Waals surface area contributed by atoms with E-state index < -0.39 is 31.1 Å². The Hall–Kier alpha value is -1.81. The summed E-state index contributed by atoms with van der Waals surface area (Å²) in [5.41, 5.74) is 0.0257. The van der Waals surface area contributed by atoms with E-state index in [0.717, 1.165) is 0 Å². The van der Waals surface area contributed by atoms with Gasteiger partial charge in [0.15, 0.2) is 17.4 Å². The van der Waals surface area contributed by atoms with E-state index in [1.165, 1.54) is 10.9 Å². The summed E-state index contributed by atoms with van der Waals surface area (Å²) in [6.45, 7) is 1.42. The minimum absolute atomic E-state index is 0.130. The Morgan fingerprint density at radius 1 is 1.43 bits per heavy atom. The minimum Gasteiger partial charge on any atom is -0.394 e. The smallest absolute Gasteiger partial charge is 0.279 e. The second-order valence-electron chi connectivity index (χ2n) is 4.92. The monoisotopic (exact) mass is 296 g/mol. The van der Waals surface area contributed by atoms with Crippen LogP contribution in [-0.4, -0.2) is 59.8 Å². The minimum atomic E-state index is -1.24. The molecule has 0 amide bonds. The van der Waals surface area contributed by atoms with Crippen LogP contribution in [0.3, 0.4) is 0 Å². The van der Waals surface area contributed by atoms with Gasteiger partial charge in [0.2, 0.25) is 0 Å². The van der Waals surface area contributed by atoms with Gasteiger partial charge in [-0.25, -0.2) is 9.97 Å². The molecule has 4 N–H and O–H groups in total. The molecular formula is C12H16N4O5. The van der Waals surface area contributed by atoms with E-state index in [1.807, 2.05) is 6.92 Å². The highest BCUT2D eigenvalue weighted by Crippen LogP contribution is 2.30. The molecule has 0 unspecified atom stereocenters. The van der Waals surface area contributed by atoms with E-state index in [9.17, 15) is 15.0 Å². The van der Waals surface area contributed by atoms with Crippen LogP contribution < -0.4 is 5.56 Å². The van der Waals surface area contributed by atoms with Gasteiger partial charge in [-0.3, -0.25) is 9.36 Å². The third-order valence-corrected chi connectivity index (χ3v) is 3.61. The van der Waals surface area contributed by atoms with E-state index >= 15 is 0 Å². The Morgan fingerprint density at radius 3 is 2.81 bits per heavy atom. The van der Waals surface area contributed by atoms with Crippen molar-refractivity contribution in [2.45, 2.75) is 37.9 Å². The summed E-state index contributed by atoms with van der Waals surface area (Å²) in [5, 5.41) is 29.0. The zero-order valence-corrected chi connectivity index (χ0v) is 11.3. The Balaban J connectivity index is 2.09. The van der Waals surface area contributed by atoms with Crippen LogP contribution in [0.1, 0.15) is 19.0 Å². The Bertz CT molecular complexity index is 711. The molecule has 0 radical (unpaired) electrons. The number of aromatic nitrogens is 4. The third-order valence-electron chi connectivity index (χ3n) is 3.61. The van der Waals surface area contributed by atoms with E-state index in [4.69, 9.17) is 9.84 Å². The number of hydrogen-bond acceptors (Lipinski definition) is 7. The van der Waals surface area contributed by atoms with Crippen molar-refractivity contribution >= 4 is 11.2 Å². The Labute approximate surface area is 118 Å². The van der Waals surface area contributed by atoms with Crippen LogP contribution in [0.25, 0.3) is 11.2 Å². The first-order valence-corrected chi connectivity index (χ1v) is 6.65. The molecular weight excluding hydrogens is 280 g/mol. The molecule has 9 nitrogen and oxygen atoms in total. The first kappa shape index (κ1) is 14.1. The highest BCUT2D eigenvalue weighted by Gasteiger charge is 2.44. The SMILES string of the molecule is CCc1nc2c(ncn2[C@@H]2O[C@H](CO)[C@@H](O)[C@H]2O)c(=O)[nH]1. The van der Waals surface area contributed by atoms with E-state index in [2.05, 4.69) is 15.0 Å². The molecule has 0 spiro atoms. The molecule has 2 aromatic heterocycles. The van der Waals surface area contributed by atoms with Crippen LogP contribution in [0, 0.1) is 0 Å². The maximum atomic E-state index is 11.9. The standard InChI is InChI=1S/C12H16N4O5/c1-2-6-14-10-7(11(20)15-6)13-4-16(10)12-9(19)8(18)5(3-17)21-12/h4-5,8-9,12,17-19H,2-3H2,1H3,(H,14,15,20)/t5-,8-,9-,12-/m1/s1. The van der Waals surface area contributed by atoms with Crippen molar-refractivity contribution in [1.29, 1.82) is 0 Å². The molecule has 0 aliphatic carbocycles. The van der Waals surface area contributed by atoms with Crippen molar-refractivity contribution in [3.05, 3.63) is 22.5 Å². The highest BCUT2D eigenvalue weighted by atomic mass is 16.6. The van der Waals surface area contributed by atoms with Gasteiger partial charge in [-0.1, -0.05) is 6.92 Å². The topological polar surface area (TPSA) is 133 Å². The van der Waals surface area contributed by atoms with Gasteiger partial charge in [0.25, 0.3) is 5.56 Å². The number of H-pyrrole nitrogens is 1. The van der Waals surface area contributed by atoms with Crippen LogP contribution in [0.5, 0.6) is 0 Å². The Morgan fingerprint density at radius 2 is 2.19 bits per heavy atom. The number of nitrogens with zero attached hydrogens (tertiary/aromatic N) is 3. The van der Waals surface area contributed by atoms with Crippen molar-refractivity contribution in [3.8, 4) is 0 Å². The number of aliphatic hydroxyl groups excluding tert-OH is 3. The molecule has 1 saturated heterocycles. The number of fused-ring (bicyclic) bond motifs is 1. The molecule has 1 fully saturated rings. The van der Waals surface area contributed by atoms with Crippen molar-refractivity contribution in [3.63, 3.8) is 0 Å². The summed E-state index contributed by atoms with van der Waals surface area (Å²) in [4.78, 5) is 22.7. The zero-order valence-electron chi connectivity index (χ0n) is 11.3. The van der Waals surface area contributed by atoms with Crippen LogP contribution in [-0.2, 0) is 11.2 Å². The fourth-order valence-corrected chi connectivity index (χ4v) is 2.44. The summed E-state index contributed by atoms with van der Waals surface area (Å²) in [6.07, 6.45) is -2.45. The molecule has 114 valence electrons. The van der Waals surface area contributed by atoms with Gasteiger partial charge < -0.3 is 25.0 Å².